The van der Waals surface area contributed by atoms with Gasteiger partial charge in [0.15, 0.2) is 0 Å². The Hall–Kier alpha value is -5.72. The highest BCUT2D eigenvalue weighted by atomic mass is 14.5. The van der Waals surface area contributed by atoms with E-state index in [4.69, 9.17) is 0 Å². The summed E-state index contributed by atoms with van der Waals surface area (Å²) < 4.78 is 0. The summed E-state index contributed by atoms with van der Waals surface area (Å²) in [6.45, 7) is 0. The molecule has 0 spiro atoms. The van der Waals surface area contributed by atoms with Gasteiger partial charge in [-0.1, -0.05) is 158 Å². The first-order chi connectivity index (χ1) is 22.3. The van der Waals surface area contributed by atoms with Crippen LogP contribution in [0.25, 0.3) is 65.3 Å². The highest BCUT2D eigenvalue weighted by Crippen LogP contribution is 2.58. The zero-order valence-electron chi connectivity index (χ0n) is 24.7. The van der Waals surface area contributed by atoms with Crippen molar-refractivity contribution in [1.82, 2.24) is 0 Å². The fourth-order valence-electron chi connectivity index (χ4n) is 8.47. The molecule has 10 rings (SSSR count). The summed E-state index contributed by atoms with van der Waals surface area (Å²) in [6.07, 6.45) is 0. The molecular formula is C45H28. The van der Waals surface area contributed by atoms with Crippen LogP contribution in [0, 0.1) is 0 Å². The topological polar surface area (TPSA) is 0 Å². The molecule has 0 bridgehead atoms. The van der Waals surface area contributed by atoms with Crippen molar-refractivity contribution < 1.29 is 0 Å². The van der Waals surface area contributed by atoms with Gasteiger partial charge in [-0.2, -0.15) is 0 Å². The molecule has 0 saturated heterocycles. The van der Waals surface area contributed by atoms with Crippen molar-refractivity contribution in [3.63, 3.8) is 0 Å². The second kappa shape index (κ2) is 9.14. The van der Waals surface area contributed by atoms with Gasteiger partial charge in [0.2, 0.25) is 0 Å². The maximum absolute atomic E-state index is 2.40. The fourth-order valence-corrected chi connectivity index (χ4v) is 8.47. The maximum atomic E-state index is 2.40. The average Bonchev–Trinajstić information content (AvgIpc) is 3.42. The van der Waals surface area contributed by atoms with E-state index >= 15 is 0 Å². The number of hydrogen-bond donors (Lipinski definition) is 0. The fraction of sp³-hybridized carbons (Fsp3) is 0.0222. The van der Waals surface area contributed by atoms with E-state index in [1.165, 1.54) is 87.6 Å². The van der Waals surface area contributed by atoms with Crippen LogP contribution in [0.15, 0.2) is 170 Å². The molecule has 208 valence electrons. The first kappa shape index (κ1) is 24.7. The summed E-state index contributed by atoms with van der Waals surface area (Å²) in [5.41, 5.74) is 10.0. The summed E-state index contributed by atoms with van der Waals surface area (Å²) in [4.78, 5) is 0. The molecule has 45 heavy (non-hydrogen) atoms. The standard InChI is InChI=1S/C45H28/c1-3-13-34(14-4-1)45(35-15-5-2-6-16-35)41-20-8-7-17-38(41)40-26-25-37-36(18-10-19-39(37)44(40)45)33-27-31-23-21-29-11-9-12-30-22-24-32(28-33)43(31)42(29)30/h1-28H. The summed E-state index contributed by atoms with van der Waals surface area (Å²) in [5, 5.41) is 10.5. The Morgan fingerprint density at radius 2 is 0.889 bits per heavy atom. The van der Waals surface area contributed by atoms with Gasteiger partial charge in [-0.3, -0.25) is 0 Å². The van der Waals surface area contributed by atoms with Gasteiger partial charge in [-0.15, -0.1) is 0 Å². The molecule has 0 heterocycles. The summed E-state index contributed by atoms with van der Waals surface area (Å²) in [6, 6.07) is 63.4. The van der Waals surface area contributed by atoms with E-state index in [-0.39, 0.29) is 0 Å². The minimum absolute atomic E-state index is 0.431. The van der Waals surface area contributed by atoms with E-state index < -0.39 is 5.41 Å². The van der Waals surface area contributed by atoms with Crippen molar-refractivity contribution in [2.24, 2.45) is 0 Å². The van der Waals surface area contributed by atoms with Gasteiger partial charge >= 0.3 is 0 Å². The van der Waals surface area contributed by atoms with Crippen molar-refractivity contribution in [2.75, 3.05) is 0 Å². The number of fused-ring (bicyclic) bond motifs is 5. The van der Waals surface area contributed by atoms with Gasteiger partial charge in [0.1, 0.15) is 0 Å². The molecule has 1 aliphatic carbocycles. The molecule has 9 aromatic rings. The largest absolute Gasteiger partial charge is 0.0719 e. The minimum Gasteiger partial charge on any atom is -0.0622 e. The second-order valence-corrected chi connectivity index (χ2v) is 12.4. The van der Waals surface area contributed by atoms with E-state index in [0.29, 0.717) is 0 Å². The number of benzene rings is 9. The van der Waals surface area contributed by atoms with Crippen molar-refractivity contribution in [3.8, 4) is 22.3 Å². The highest BCUT2D eigenvalue weighted by molar-refractivity contribution is 6.24. The molecule has 0 nitrogen and oxygen atoms in total. The molecule has 0 saturated carbocycles. The SMILES string of the molecule is c1ccc(C2(c3ccccc3)c3ccccc3-c3ccc4c(-c5cc6ccc7cccc8ccc(c5)c6c78)cccc4c32)cc1. The van der Waals surface area contributed by atoms with Gasteiger partial charge in [-0.05, 0) is 99.7 Å². The Morgan fingerprint density at radius 3 is 1.58 bits per heavy atom. The van der Waals surface area contributed by atoms with Crippen molar-refractivity contribution in [2.45, 2.75) is 5.41 Å². The monoisotopic (exact) mass is 568 g/mol. The lowest BCUT2D eigenvalue weighted by molar-refractivity contribution is 0.775. The average molecular weight is 569 g/mol. The lowest BCUT2D eigenvalue weighted by Gasteiger charge is -2.34. The Morgan fingerprint density at radius 1 is 0.333 bits per heavy atom. The van der Waals surface area contributed by atoms with Crippen molar-refractivity contribution in [1.29, 1.82) is 0 Å². The molecule has 0 unspecified atom stereocenters. The third kappa shape index (κ3) is 3.26. The van der Waals surface area contributed by atoms with Crippen molar-refractivity contribution >= 4 is 43.1 Å². The molecule has 0 amide bonds. The third-order valence-electron chi connectivity index (χ3n) is 10.2. The predicted molar refractivity (Wildman–Crippen MR) is 190 cm³/mol. The summed E-state index contributed by atoms with van der Waals surface area (Å²) in [5.74, 6) is 0. The van der Waals surface area contributed by atoms with Crippen LogP contribution in [0.1, 0.15) is 22.3 Å². The maximum Gasteiger partial charge on any atom is 0.0719 e. The van der Waals surface area contributed by atoms with E-state index in [1.807, 2.05) is 0 Å². The lowest BCUT2D eigenvalue weighted by Crippen LogP contribution is -2.28. The molecule has 0 fully saturated rings. The molecule has 0 radical (unpaired) electrons. The lowest BCUT2D eigenvalue weighted by atomic mass is 9.66. The predicted octanol–water partition coefficient (Wildman–Crippen LogP) is 11.8. The normalized spacial score (nSPS) is 13.5. The summed E-state index contributed by atoms with van der Waals surface area (Å²) >= 11 is 0. The second-order valence-electron chi connectivity index (χ2n) is 12.4. The molecule has 9 aromatic carbocycles. The summed E-state index contributed by atoms with van der Waals surface area (Å²) in [7, 11) is 0. The first-order valence-corrected chi connectivity index (χ1v) is 15.8. The quantitative estimate of drug-likeness (QED) is 0.186. The van der Waals surface area contributed by atoms with E-state index in [0.717, 1.165) is 0 Å². The van der Waals surface area contributed by atoms with Crippen LogP contribution in [0.3, 0.4) is 0 Å². The first-order valence-electron chi connectivity index (χ1n) is 15.8. The van der Waals surface area contributed by atoms with E-state index in [9.17, 15) is 0 Å². The van der Waals surface area contributed by atoms with Gasteiger partial charge in [-0.25, -0.2) is 0 Å². The minimum atomic E-state index is -0.431. The molecule has 0 aliphatic heterocycles. The number of rotatable bonds is 3. The van der Waals surface area contributed by atoms with Crippen LogP contribution in [0.5, 0.6) is 0 Å². The molecule has 0 heteroatoms. The van der Waals surface area contributed by atoms with Gasteiger partial charge in [0.05, 0.1) is 5.41 Å². The third-order valence-corrected chi connectivity index (χ3v) is 10.2. The zero-order valence-corrected chi connectivity index (χ0v) is 24.7. The van der Waals surface area contributed by atoms with Crippen LogP contribution in [-0.2, 0) is 5.41 Å². The van der Waals surface area contributed by atoms with Gasteiger partial charge < -0.3 is 0 Å². The Labute approximate surface area is 262 Å². The van der Waals surface area contributed by atoms with Crippen LogP contribution in [0.4, 0.5) is 0 Å². The Balaban J connectivity index is 1.31. The molecule has 1 aliphatic rings. The van der Waals surface area contributed by atoms with E-state index in [1.54, 1.807) is 0 Å². The molecule has 0 N–H and O–H groups in total. The Kier molecular flexibility index (Phi) is 5.02. The van der Waals surface area contributed by atoms with Crippen LogP contribution in [-0.4, -0.2) is 0 Å². The van der Waals surface area contributed by atoms with Gasteiger partial charge in [0.25, 0.3) is 0 Å². The Bertz CT molecular complexity index is 2470. The van der Waals surface area contributed by atoms with Crippen molar-refractivity contribution in [3.05, 3.63) is 192 Å². The van der Waals surface area contributed by atoms with Crippen LogP contribution in [0.2, 0.25) is 0 Å². The highest BCUT2D eigenvalue weighted by Gasteiger charge is 2.47. The molecule has 0 aromatic heterocycles. The molecule has 0 atom stereocenters. The van der Waals surface area contributed by atoms with E-state index in [2.05, 4.69) is 170 Å². The smallest absolute Gasteiger partial charge is 0.0622 e. The molecular weight excluding hydrogens is 540 g/mol. The zero-order chi connectivity index (χ0) is 29.5. The van der Waals surface area contributed by atoms with Gasteiger partial charge in [0, 0.05) is 0 Å². The number of hydrogen-bond acceptors (Lipinski definition) is 0. The van der Waals surface area contributed by atoms with Crippen LogP contribution >= 0.6 is 0 Å². The van der Waals surface area contributed by atoms with Crippen LogP contribution < -0.4 is 0 Å².